The van der Waals surface area contributed by atoms with Crippen LogP contribution in [0.3, 0.4) is 0 Å². The lowest BCUT2D eigenvalue weighted by Gasteiger charge is -2.28. The molecule has 0 aliphatic carbocycles. The molecule has 11 nitrogen and oxygen atoms in total. The van der Waals surface area contributed by atoms with E-state index in [-0.39, 0.29) is 26.1 Å². The van der Waals surface area contributed by atoms with Crippen molar-refractivity contribution in [3.8, 4) is 0 Å². The van der Waals surface area contributed by atoms with Crippen LogP contribution in [-0.4, -0.2) is 101 Å². The molecule has 0 amide bonds. The highest BCUT2D eigenvalue weighted by Crippen LogP contribution is 2.38. The van der Waals surface area contributed by atoms with Crippen molar-refractivity contribution in [2.24, 2.45) is 0 Å². The fraction of sp³-hybridized carbons (Fsp3) is 0.947. The van der Waals surface area contributed by atoms with Gasteiger partial charge < -0.3 is 27.9 Å². The monoisotopic (exact) mass is 801 g/mol. The number of nitrogens with zero attached hydrogens (tertiary/aromatic N) is 1. The Morgan fingerprint density at radius 3 is 1.44 bits per heavy atom. The zero-order valence-electron chi connectivity index (χ0n) is 33.6. The van der Waals surface area contributed by atoms with Crippen LogP contribution in [0.25, 0.3) is 0 Å². The molecule has 0 N–H and O–H groups in total. The van der Waals surface area contributed by atoms with Gasteiger partial charge in [0.1, 0.15) is 19.8 Å². The molecule has 0 aromatic heterocycles. The topological polar surface area (TPSA) is 145 Å². The van der Waals surface area contributed by atoms with Crippen LogP contribution in [0.5, 0.6) is 0 Å². The summed E-state index contributed by atoms with van der Waals surface area (Å²) >= 11 is 0. The Morgan fingerprint density at radius 1 is 0.596 bits per heavy atom. The number of rotatable bonds is 38. The molecule has 0 saturated carbocycles. The summed E-state index contributed by atoms with van der Waals surface area (Å²) in [6, 6.07) is 0. The molecule has 310 valence electrons. The number of phosphoric acid groups is 1. The molecule has 0 heterocycles. The lowest BCUT2D eigenvalue weighted by atomic mass is 10.1. The highest BCUT2D eigenvalue weighted by Gasteiger charge is 2.21. The van der Waals surface area contributed by atoms with Gasteiger partial charge in [-0.1, -0.05) is 104 Å². The van der Waals surface area contributed by atoms with E-state index in [0.29, 0.717) is 23.9 Å². The molecule has 0 aliphatic rings. The smallest absolute Gasteiger partial charge is 0.306 e. The summed E-state index contributed by atoms with van der Waals surface area (Å²) in [4.78, 5) is 37.4. The molecule has 0 aromatic rings. The van der Waals surface area contributed by atoms with Crippen LogP contribution in [0.1, 0.15) is 155 Å². The molecule has 0 rings (SSSR count). The van der Waals surface area contributed by atoms with Crippen molar-refractivity contribution in [3.63, 3.8) is 0 Å². The number of ether oxygens (including phenoxy) is 2. The Labute approximate surface area is 322 Å². The minimum atomic E-state index is -4.66. The van der Waals surface area contributed by atoms with Gasteiger partial charge in [-0.05, 0) is 38.5 Å². The number of likely N-dealkylation sites (N-methyl/N-ethyl adjacent to an activating group) is 1. The number of quaternary nitrogens is 1. The molecule has 0 saturated heterocycles. The van der Waals surface area contributed by atoms with Gasteiger partial charge in [0.15, 0.2) is 6.10 Å². The lowest BCUT2D eigenvalue weighted by Crippen LogP contribution is -2.37. The van der Waals surface area contributed by atoms with Gasteiger partial charge in [-0.3, -0.25) is 22.6 Å². The number of hydrogen-bond acceptors (Lipinski definition) is 10. The van der Waals surface area contributed by atoms with Crippen LogP contribution in [0.4, 0.5) is 0 Å². The van der Waals surface area contributed by atoms with Crippen LogP contribution in [0.15, 0.2) is 0 Å². The van der Waals surface area contributed by atoms with E-state index in [2.05, 4.69) is 13.8 Å². The SMILES string of the molecule is CCCCCCCS(=O)CCCCCCCC(=O)OC[C@@H](COP(=O)([O-])OCC[N+](C)(C)C)OC(=O)CCCCCCCS(=O)CCCCCCC. The predicted molar refractivity (Wildman–Crippen MR) is 212 cm³/mol. The molecule has 14 heteroatoms. The van der Waals surface area contributed by atoms with E-state index < -0.39 is 54.1 Å². The Bertz CT molecular complexity index is 995. The minimum absolute atomic E-state index is 0.0599. The van der Waals surface area contributed by atoms with E-state index in [1.807, 2.05) is 21.1 Å². The third-order valence-electron chi connectivity index (χ3n) is 8.62. The van der Waals surface area contributed by atoms with Crippen molar-refractivity contribution in [1.29, 1.82) is 0 Å². The Balaban J connectivity index is 4.49. The van der Waals surface area contributed by atoms with Crippen molar-refractivity contribution in [3.05, 3.63) is 0 Å². The molecular weight excluding hydrogens is 726 g/mol. The molecule has 0 fully saturated rings. The fourth-order valence-corrected chi connectivity index (χ4v) is 8.56. The molecule has 0 radical (unpaired) electrons. The van der Waals surface area contributed by atoms with Gasteiger partial charge in [0, 0.05) is 57.5 Å². The van der Waals surface area contributed by atoms with Crippen LogP contribution in [0.2, 0.25) is 0 Å². The molecule has 0 spiro atoms. The zero-order chi connectivity index (χ0) is 38.9. The van der Waals surface area contributed by atoms with Crippen LogP contribution in [0, 0.1) is 0 Å². The van der Waals surface area contributed by atoms with Crippen molar-refractivity contribution >= 4 is 41.4 Å². The number of unbranched alkanes of at least 4 members (excludes halogenated alkanes) is 16. The zero-order valence-corrected chi connectivity index (χ0v) is 36.1. The molecular formula is C38H76NO10PS2. The largest absolute Gasteiger partial charge is 0.756 e. The molecule has 52 heavy (non-hydrogen) atoms. The maximum Gasteiger partial charge on any atom is 0.306 e. The first-order valence-corrected chi connectivity index (χ1v) is 24.7. The molecule has 0 aromatic carbocycles. The van der Waals surface area contributed by atoms with E-state index in [1.54, 1.807) is 0 Å². The average molecular weight is 802 g/mol. The van der Waals surface area contributed by atoms with Gasteiger partial charge in [0.25, 0.3) is 7.82 Å². The second kappa shape index (κ2) is 33.6. The van der Waals surface area contributed by atoms with E-state index >= 15 is 0 Å². The quantitative estimate of drug-likeness (QED) is 0.0263. The van der Waals surface area contributed by atoms with Crippen molar-refractivity contribution in [1.82, 2.24) is 0 Å². The number of carbonyl (C=O) groups is 2. The Kier molecular flexibility index (Phi) is 33.2. The summed E-state index contributed by atoms with van der Waals surface area (Å²) in [5.74, 6) is 2.06. The maximum absolute atomic E-state index is 12.6. The van der Waals surface area contributed by atoms with Gasteiger partial charge in [0.05, 0.1) is 27.7 Å². The van der Waals surface area contributed by atoms with Crippen molar-refractivity contribution < 1.29 is 50.5 Å². The third kappa shape index (κ3) is 36.3. The number of esters is 2. The first kappa shape index (κ1) is 51.3. The summed E-state index contributed by atoms with van der Waals surface area (Å²) in [6.45, 7) is 3.93. The van der Waals surface area contributed by atoms with Crippen LogP contribution < -0.4 is 4.89 Å². The molecule has 3 unspecified atom stereocenters. The van der Waals surface area contributed by atoms with E-state index in [0.717, 1.165) is 100 Å². The number of carbonyl (C=O) groups excluding carboxylic acids is 2. The Morgan fingerprint density at radius 2 is 1.00 bits per heavy atom. The van der Waals surface area contributed by atoms with Crippen LogP contribution in [-0.2, 0) is 54.3 Å². The summed E-state index contributed by atoms with van der Waals surface area (Å²) in [5.41, 5.74) is 0. The molecule has 0 aliphatic heterocycles. The third-order valence-corrected chi connectivity index (χ3v) is 12.6. The van der Waals surface area contributed by atoms with Crippen LogP contribution >= 0.6 is 7.82 Å². The van der Waals surface area contributed by atoms with Crippen molar-refractivity contribution in [2.75, 3.05) is 70.5 Å². The lowest BCUT2D eigenvalue weighted by molar-refractivity contribution is -0.870. The first-order chi connectivity index (χ1) is 24.8. The second-order valence-electron chi connectivity index (χ2n) is 14.9. The Hall–Kier alpha value is -0.690. The highest BCUT2D eigenvalue weighted by atomic mass is 32.2. The normalized spacial score (nSPS) is 14.8. The highest BCUT2D eigenvalue weighted by molar-refractivity contribution is 7.85. The predicted octanol–water partition coefficient (Wildman–Crippen LogP) is 7.77. The van der Waals surface area contributed by atoms with Gasteiger partial charge in [-0.2, -0.15) is 0 Å². The minimum Gasteiger partial charge on any atom is -0.756 e. The van der Waals surface area contributed by atoms with Gasteiger partial charge >= 0.3 is 11.9 Å². The molecule has 4 atom stereocenters. The molecule has 0 bridgehead atoms. The van der Waals surface area contributed by atoms with Gasteiger partial charge in [-0.25, -0.2) is 0 Å². The standard InChI is InChI=1S/C38H76NO10PS2/c1-6-8-10-16-22-30-51(44)32-24-18-12-14-20-26-37(40)46-34-36(35-48-50(42,43)47-29-28-39(3,4)5)49-38(41)27-21-15-13-19-25-33-52(45)31-23-17-11-9-7-2/h36H,6-35H2,1-5H3/t36-,51?,52?/m0/s1. The number of phosphoric ester groups is 1. The summed E-state index contributed by atoms with van der Waals surface area (Å²) in [5, 5.41) is 0. The van der Waals surface area contributed by atoms with Crippen molar-refractivity contribution in [2.45, 2.75) is 161 Å². The van der Waals surface area contributed by atoms with Gasteiger partial charge in [0.2, 0.25) is 0 Å². The summed E-state index contributed by atoms with van der Waals surface area (Å²) < 4.78 is 58.0. The first-order valence-electron chi connectivity index (χ1n) is 20.2. The summed E-state index contributed by atoms with van der Waals surface area (Å²) in [7, 11) is -0.444. The summed E-state index contributed by atoms with van der Waals surface area (Å²) in [6.07, 6.45) is 19.5. The second-order valence-corrected chi connectivity index (χ2v) is 19.7. The van der Waals surface area contributed by atoms with E-state index in [1.165, 1.54) is 38.5 Å². The van der Waals surface area contributed by atoms with Gasteiger partial charge in [-0.15, -0.1) is 0 Å². The fourth-order valence-electron chi connectivity index (χ4n) is 5.32. The maximum atomic E-state index is 12.6. The number of hydrogen-bond donors (Lipinski definition) is 0. The van der Waals surface area contributed by atoms with E-state index in [9.17, 15) is 27.5 Å². The van der Waals surface area contributed by atoms with E-state index in [4.69, 9.17) is 18.5 Å². The average Bonchev–Trinajstić information content (AvgIpc) is 3.07.